The Balaban J connectivity index is 2.66. The van der Waals surface area contributed by atoms with Gasteiger partial charge in [0.25, 0.3) is 0 Å². The minimum atomic E-state index is 0.319. The molecule has 0 saturated carbocycles. The highest BCUT2D eigenvalue weighted by atomic mass is 16.5. The molecule has 0 saturated heterocycles. The quantitative estimate of drug-likeness (QED) is 0.166. The molecule has 0 N–H and O–H groups in total. The molecule has 2 aromatic rings. The molecular weight excluding hydrogens is 432 g/mol. The van der Waals surface area contributed by atoms with Crippen LogP contribution in [0.25, 0.3) is 11.6 Å². The molecule has 0 atom stereocenters. The van der Waals surface area contributed by atoms with Crippen LogP contribution in [0.4, 0.5) is 0 Å². The van der Waals surface area contributed by atoms with E-state index in [9.17, 15) is 5.26 Å². The lowest BCUT2D eigenvalue weighted by atomic mass is 9.97. The zero-order valence-corrected chi connectivity index (χ0v) is 20.5. The maximum Gasteiger partial charge on any atom is 0.203 e. The highest BCUT2D eigenvalue weighted by Gasteiger charge is 2.16. The highest BCUT2D eigenvalue weighted by molar-refractivity contribution is 6.34. The summed E-state index contributed by atoms with van der Waals surface area (Å²) in [5.41, 5.74) is 2.48. The van der Waals surface area contributed by atoms with E-state index in [1.807, 2.05) is 36.4 Å². The van der Waals surface area contributed by atoms with Crippen LogP contribution in [0.2, 0.25) is 0 Å². The average Bonchev–Trinajstić information content (AvgIpc) is 2.88. The van der Waals surface area contributed by atoms with Gasteiger partial charge in [-0.1, -0.05) is 12.1 Å². The second-order valence-corrected chi connectivity index (χ2v) is 7.21. The maximum absolute atomic E-state index is 9.99. The van der Waals surface area contributed by atoms with Crippen LogP contribution in [0.3, 0.4) is 0 Å². The van der Waals surface area contributed by atoms with Crippen LogP contribution in [0, 0.1) is 11.3 Å². The van der Waals surface area contributed by atoms with Gasteiger partial charge >= 0.3 is 0 Å². The van der Waals surface area contributed by atoms with Gasteiger partial charge < -0.3 is 23.7 Å². The van der Waals surface area contributed by atoms with Crippen LogP contribution in [0.1, 0.15) is 30.4 Å². The smallest absolute Gasteiger partial charge is 0.203 e. The predicted molar refractivity (Wildman–Crippen MR) is 135 cm³/mol. The number of nitrogens with zero attached hydrogens (tertiary/aromatic N) is 2. The van der Waals surface area contributed by atoms with Crippen LogP contribution in [0.5, 0.6) is 28.7 Å². The van der Waals surface area contributed by atoms with Gasteiger partial charge in [-0.2, -0.15) is 5.26 Å². The van der Waals surface area contributed by atoms with Crippen LogP contribution in [-0.4, -0.2) is 47.8 Å². The Labute approximate surface area is 201 Å². The third kappa shape index (κ3) is 6.55. The molecule has 0 aliphatic rings. The van der Waals surface area contributed by atoms with Crippen LogP contribution < -0.4 is 23.7 Å². The Morgan fingerprint density at radius 3 is 2.06 bits per heavy atom. The third-order valence-corrected chi connectivity index (χ3v) is 5.14. The van der Waals surface area contributed by atoms with Crippen LogP contribution in [0.15, 0.2) is 48.0 Å². The summed E-state index contributed by atoms with van der Waals surface area (Å²) in [5.74, 6) is 2.67. The number of benzene rings is 2. The minimum absolute atomic E-state index is 0.319. The number of rotatable bonds is 13. The fourth-order valence-corrected chi connectivity index (χ4v) is 3.42. The summed E-state index contributed by atoms with van der Waals surface area (Å²) in [7, 11) is 7.83. The zero-order chi connectivity index (χ0) is 24.9. The molecule has 0 bridgehead atoms. The fourth-order valence-electron chi connectivity index (χ4n) is 3.42. The molecular formula is C27H32N2O5. The Hall–Kier alpha value is -3.92. The van der Waals surface area contributed by atoms with E-state index in [0.717, 1.165) is 30.4 Å². The second kappa shape index (κ2) is 13.6. The Kier molecular flexibility index (Phi) is 10.5. The van der Waals surface area contributed by atoms with Crippen molar-refractivity contribution in [2.75, 3.05) is 42.1 Å². The van der Waals surface area contributed by atoms with Gasteiger partial charge in [-0.15, -0.1) is 6.58 Å². The number of hydrogen-bond donors (Lipinski definition) is 0. The summed E-state index contributed by atoms with van der Waals surface area (Å²) >= 11 is 0. The van der Waals surface area contributed by atoms with Gasteiger partial charge in [-0.3, -0.25) is 4.99 Å². The van der Waals surface area contributed by atoms with Crippen molar-refractivity contribution in [3.8, 4) is 34.8 Å². The van der Waals surface area contributed by atoms with Gasteiger partial charge in [0, 0.05) is 12.1 Å². The Morgan fingerprint density at radius 2 is 1.53 bits per heavy atom. The van der Waals surface area contributed by atoms with Crippen molar-refractivity contribution >= 4 is 17.4 Å². The van der Waals surface area contributed by atoms with E-state index < -0.39 is 0 Å². The van der Waals surface area contributed by atoms with E-state index in [1.54, 1.807) is 41.6 Å². The molecule has 0 radical (unpaired) electrons. The van der Waals surface area contributed by atoms with Gasteiger partial charge in [-0.05, 0) is 60.7 Å². The SMILES string of the molecule is C=CCCCCN=C(C#N)/C(=C/c1cc(OC)c(OC)c(OC)c1)c1ccc(OC)c(OC)c1. The largest absolute Gasteiger partial charge is 0.493 e. The lowest BCUT2D eigenvalue weighted by molar-refractivity contribution is 0.324. The molecule has 2 aromatic carbocycles. The molecule has 0 aliphatic heterocycles. The molecule has 0 spiro atoms. The van der Waals surface area contributed by atoms with E-state index in [1.165, 1.54) is 0 Å². The van der Waals surface area contributed by atoms with Gasteiger partial charge in [0.05, 0.1) is 35.5 Å². The number of nitriles is 1. The molecule has 0 heterocycles. The molecule has 7 heteroatoms. The molecule has 2 rings (SSSR count). The van der Waals surface area contributed by atoms with Gasteiger partial charge in [-0.25, -0.2) is 0 Å². The lowest BCUT2D eigenvalue weighted by Gasteiger charge is -2.14. The van der Waals surface area contributed by atoms with Crippen molar-refractivity contribution in [3.63, 3.8) is 0 Å². The summed E-state index contributed by atoms with van der Waals surface area (Å²) < 4.78 is 27.3. The first kappa shape index (κ1) is 26.3. The first-order valence-electron chi connectivity index (χ1n) is 10.9. The highest BCUT2D eigenvalue weighted by Crippen LogP contribution is 2.39. The van der Waals surface area contributed by atoms with Crippen molar-refractivity contribution < 1.29 is 23.7 Å². The van der Waals surface area contributed by atoms with E-state index in [2.05, 4.69) is 17.6 Å². The lowest BCUT2D eigenvalue weighted by Crippen LogP contribution is -2.03. The summed E-state index contributed by atoms with van der Waals surface area (Å²) in [6.45, 7) is 4.28. The van der Waals surface area contributed by atoms with E-state index in [-0.39, 0.29) is 0 Å². The first-order valence-corrected chi connectivity index (χ1v) is 10.9. The molecule has 0 unspecified atom stereocenters. The monoisotopic (exact) mass is 464 g/mol. The number of methoxy groups -OCH3 is 5. The van der Waals surface area contributed by atoms with Crippen molar-refractivity contribution in [2.45, 2.75) is 19.3 Å². The van der Waals surface area contributed by atoms with Crippen molar-refractivity contribution in [1.29, 1.82) is 5.26 Å². The summed E-state index contributed by atoms with van der Waals surface area (Å²) in [6, 6.07) is 11.4. The number of ether oxygens (including phenoxy) is 5. The number of hydrogen-bond acceptors (Lipinski definition) is 7. The molecule has 0 fully saturated rings. The van der Waals surface area contributed by atoms with Crippen LogP contribution >= 0.6 is 0 Å². The number of allylic oxidation sites excluding steroid dienone is 2. The summed E-state index contributed by atoms with van der Waals surface area (Å²) in [4.78, 5) is 4.60. The Morgan fingerprint density at radius 1 is 0.882 bits per heavy atom. The van der Waals surface area contributed by atoms with Crippen molar-refractivity contribution in [2.24, 2.45) is 4.99 Å². The predicted octanol–water partition coefficient (Wildman–Crippen LogP) is 5.59. The zero-order valence-electron chi connectivity index (χ0n) is 20.5. The van der Waals surface area contributed by atoms with Gasteiger partial charge in [0.15, 0.2) is 23.0 Å². The third-order valence-electron chi connectivity index (χ3n) is 5.14. The Bertz CT molecular complexity index is 1060. The summed E-state index contributed by atoms with van der Waals surface area (Å²) in [6.07, 6.45) is 6.50. The second-order valence-electron chi connectivity index (χ2n) is 7.21. The molecule has 0 aromatic heterocycles. The van der Waals surface area contributed by atoms with Crippen molar-refractivity contribution in [3.05, 3.63) is 54.1 Å². The van der Waals surface area contributed by atoms with E-state index in [0.29, 0.717) is 46.6 Å². The van der Waals surface area contributed by atoms with E-state index >= 15 is 0 Å². The fraction of sp³-hybridized carbons (Fsp3) is 0.333. The van der Waals surface area contributed by atoms with E-state index in [4.69, 9.17) is 23.7 Å². The summed E-state index contributed by atoms with van der Waals surface area (Å²) in [5, 5.41) is 9.99. The topological polar surface area (TPSA) is 82.3 Å². The number of aliphatic imine (C=N–C) groups is 1. The normalized spacial score (nSPS) is 11.4. The molecule has 34 heavy (non-hydrogen) atoms. The molecule has 7 nitrogen and oxygen atoms in total. The molecule has 0 amide bonds. The molecule has 0 aliphatic carbocycles. The molecule has 180 valence electrons. The van der Waals surface area contributed by atoms with Gasteiger partial charge in [0.1, 0.15) is 11.8 Å². The maximum atomic E-state index is 9.99. The number of unbranched alkanes of at least 4 members (excludes halogenated alkanes) is 2. The van der Waals surface area contributed by atoms with Crippen LogP contribution in [-0.2, 0) is 0 Å². The van der Waals surface area contributed by atoms with Crippen molar-refractivity contribution in [1.82, 2.24) is 0 Å². The first-order chi connectivity index (χ1) is 16.6. The minimum Gasteiger partial charge on any atom is -0.493 e. The average molecular weight is 465 g/mol. The standard InChI is InChI=1S/C27H32N2O5/c1-7-8-9-10-13-29-22(18-28)21(20-11-12-23(30-2)24(17-20)31-3)14-19-15-25(32-4)27(34-6)26(16-19)33-5/h7,11-12,14-17H,1,8-10,13H2,2-6H3/b21-14+,29-22?. The van der Waals surface area contributed by atoms with Gasteiger partial charge in [0.2, 0.25) is 5.75 Å².